The Morgan fingerprint density at radius 3 is 1.89 bits per heavy atom. The van der Waals surface area contributed by atoms with Crippen LogP contribution in [0, 0.1) is 0 Å². The average Bonchev–Trinajstić information content (AvgIpc) is 2.43. The molecule has 0 bridgehead atoms. The van der Waals surface area contributed by atoms with E-state index in [4.69, 9.17) is 22.2 Å². The van der Waals surface area contributed by atoms with Gasteiger partial charge in [0.1, 0.15) is 0 Å². The van der Waals surface area contributed by atoms with Crippen LogP contribution in [-0.2, 0) is 0 Å². The van der Waals surface area contributed by atoms with E-state index in [2.05, 4.69) is 19.1 Å². The molecule has 0 fully saturated rings. The van der Waals surface area contributed by atoms with Crippen molar-refractivity contribution >= 4 is 34.0 Å². The van der Waals surface area contributed by atoms with Gasteiger partial charge in [-0.1, -0.05) is 88.6 Å². The molecular formula is C16H26Cl2Si. The fourth-order valence-corrected chi connectivity index (χ4v) is 5.53. The lowest BCUT2D eigenvalue weighted by atomic mass is 10.1. The number of rotatable bonds is 10. The largest absolute Gasteiger partial charge is 0.280 e. The highest BCUT2D eigenvalue weighted by Crippen LogP contribution is 2.24. The molecule has 0 aliphatic carbocycles. The first kappa shape index (κ1) is 17.1. The summed E-state index contributed by atoms with van der Waals surface area (Å²) in [6, 6.07) is 11.2. The van der Waals surface area contributed by atoms with Crippen LogP contribution in [0.1, 0.15) is 58.3 Å². The lowest BCUT2D eigenvalue weighted by molar-refractivity contribution is 0.584. The minimum absolute atomic E-state index is 0.981. The SMILES string of the molecule is CCCCCCCCCC[Si](Cl)(Cl)c1ccccc1. The molecule has 0 aliphatic heterocycles. The van der Waals surface area contributed by atoms with Crippen LogP contribution in [0.25, 0.3) is 0 Å². The van der Waals surface area contributed by atoms with E-state index >= 15 is 0 Å². The van der Waals surface area contributed by atoms with Gasteiger partial charge in [-0.25, -0.2) is 0 Å². The van der Waals surface area contributed by atoms with Crippen molar-refractivity contribution in [1.29, 1.82) is 0 Å². The van der Waals surface area contributed by atoms with Crippen LogP contribution >= 0.6 is 22.2 Å². The lowest BCUT2D eigenvalue weighted by Gasteiger charge is -2.16. The zero-order valence-electron chi connectivity index (χ0n) is 12.0. The van der Waals surface area contributed by atoms with Gasteiger partial charge in [0.25, 0.3) is 6.69 Å². The average molecular weight is 317 g/mol. The van der Waals surface area contributed by atoms with Gasteiger partial charge in [0.2, 0.25) is 0 Å². The molecule has 0 radical (unpaired) electrons. The molecule has 1 rings (SSSR count). The van der Waals surface area contributed by atoms with Gasteiger partial charge in [0, 0.05) is 0 Å². The highest BCUT2D eigenvalue weighted by Gasteiger charge is 2.29. The van der Waals surface area contributed by atoms with Crippen LogP contribution in [0.2, 0.25) is 6.04 Å². The van der Waals surface area contributed by atoms with Gasteiger partial charge in [-0.2, -0.15) is 0 Å². The molecule has 3 heteroatoms. The second-order valence-electron chi connectivity index (χ2n) is 5.30. The van der Waals surface area contributed by atoms with Crippen molar-refractivity contribution in [1.82, 2.24) is 0 Å². The molecule has 19 heavy (non-hydrogen) atoms. The summed E-state index contributed by atoms with van der Waals surface area (Å²) < 4.78 is 0. The molecule has 1 aromatic rings. The second-order valence-corrected chi connectivity index (χ2v) is 12.2. The third-order valence-corrected chi connectivity index (χ3v) is 8.14. The summed E-state index contributed by atoms with van der Waals surface area (Å²) in [5, 5.41) is 1.15. The molecule has 0 saturated heterocycles. The topological polar surface area (TPSA) is 0 Å². The monoisotopic (exact) mass is 316 g/mol. The summed E-state index contributed by atoms with van der Waals surface area (Å²) >= 11 is 13.1. The Morgan fingerprint density at radius 2 is 1.32 bits per heavy atom. The predicted octanol–water partition coefficient (Wildman–Crippen LogP) is 5.95. The number of benzene rings is 1. The van der Waals surface area contributed by atoms with E-state index in [1.165, 1.54) is 51.4 Å². The summed E-state index contributed by atoms with van der Waals surface area (Å²) in [5.74, 6) is 0. The molecule has 0 atom stereocenters. The quantitative estimate of drug-likeness (QED) is 0.284. The summed E-state index contributed by atoms with van der Waals surface area (Å²) in [6.45, 7) is 0.0425. The van der Waals surface area contributed by atoms with Crippen LogP contribution in [0.4, 0.5) is 0 Å². The van der Waals surface area contributed by atoms with E-state index in [1.807, 2.05) is 18.2 Å². The molecule has 0 spiro atoms. The summed E-state index contributed by atoms with van der Waals surface area (Å²) in [7, 11) is 0. The first-order valence-electron chi connectivity index (χ1n) is 7.60. The maximum absolute atomic E-state index is 6.55. The zero-order chi connectivity index (χ0) is 14.0. The number of hydrogen-bond acceptors (Lipinski definition) is 0. The summed E-state index contributed by atoms with van der Waals surface area (Å²) in [6.07, 6.45) is 10.6. The summed E-state index contributed by atoms with van der Waals surface area (Å²) in [4.78, 5) is 0. The number of hydrogen-bond donors (Lipinski definition) is 0. The van der Waals surface area contributed by atoms with Gasteiger partial charge in [0.05, 0.1) is 0 Å². The highest BCUT2D eigenvalue weighted by molar-refractivity contribution is 7.50. The fourth-order valence-electron chi connectivity index (χ4n) is 2.31. The lowest BCUT2D eigenvalue weighted by Crippen LogP contribution is -2.35. The van der Waals surface area contributed by atoms with Gasteiger partial charge in [-0.05, 0) is 11.2 Å². The van der Waals surface area contributed by atoms with E-state index in [9.17, 15) is 0 Å². The molecule has 0 aliphatic rings. The minimum Gasteiger partial charge on any atom is -0.140 e. The predicted molar refractivity (Wildman–Crippen MR) is 91.0 cm³/mol. The summed E-state index contributed by atoms with van der Waals surface area (Å²) in [5.41, 5.74) is 0. The maximum Gasteiger partial charge on any atom is 0.280 e. The Bertz CT molecular complexity index is 325. The molecule has 0 heterocycles. The maximum atomic E-state index is 6.55. The Kier molecular flexibility index (Phi) is 8.85. The Balaban J connectivity index is 2.12. The van der Waals surface area contributed by atoms with Gasteiger partial charge < -0.3 is 0 Å². The van der Waals surface area contributed by atoms with Gasteiger partial charge in [0.15, 0.2) is 0 Å². The molecule has 0 saturated carbocycles. The third kappa shape index (κ3) is 7.39. The minimum atomic E-state index is -2.22. The molecule has 0 amide bonds. The van der Waals surface area contributed by atoms with Crippen LogP contribution in [0.15, 0.2) is 30.3 Å². The van der Waals surface area contributed by atoms with Crippen molar-refractivity contribution in [3.05, 3.63) is 30.3 Å². The number of unbranched alkanes of at least 4 members (excludes halogenated alkanes) is 7. The van der Waals surface area contributed by atoms with Crippen molar-refractivity contribution < 1.29 is 0 Å². The van der Waals surface area contributed by atoms with Crippen molar-refractivity contribution in [3.8, 4) is 0 Å². The highest BCUT2D eigenvalue weighted by atomic mass is 35.7. The fraction of sp³-hybridized carbons (Fsp3) is 0.625. The first-order valence-corrected chi connectivity index (χ1v) is 11.8. The van der Waals surface area contributed by atoms with Crippen LogP contribution < -0.4 is 5.19 Å². The molecule has 0 unspecified atom stereocenters. The Morgan fingerprint density at radius 1 is 0.789 bits per heavy atom. The van der Waals surface area contributed by atoms with E-state index in [0.29, 0.717) is 0 Å². The molecular weight excluding hydrogens is 291 g/mol. The van der Waals surface area contributed by atoms with Crippen LogP contribution in [0.3, 0.4) is 0 Å². The Hall–Kier alpha value is 0.0169. The standard InChI is InChI=1S/C16H26Cl2Si/c1-2-3-4-5-6-7-8-12-15-19(17,18)16-13-10-9-11-14-16/h9-11,13-14H,2-8,12,15H2,1H3. The van der Waals surface area contributed by atoms with E-state index < -0.39 is 6.69 Å². The smallest absolute Gasteiger partial charge is 0.140 e. The normalized spacial score (nSPS) is 11.7. The Labute approximate surface area is 128 Å². The van der Waals surface area contributed by atoms with Crippen molar-refractivity contribution in [2.75, 3.05) is 0 Å². The van der Waals surface area contributed by atoms with Crippen LogP contribution in [0.5, 0.6) is 0 Å². The zero-order valence-corrected chi connectivity index (χ0v) is 14.5. The molecule has 1 aromatic carbocycles. The van der Waals surface area contributed by atoms with E-state index in [1.54, 1.807) is 0 Å². The van der Waals surface area contributed by atoms with Crippen molar-refractivity contribution in [2.24, 2.45) is 0 Å². The van der Waals surface area contributed by atoms with Gasteiger partial charge in [-0.3, -0.25) is 0 Å². The van der Waals surface area contributed by atoms with E-state index in [-0.39, 0.29) is 0 Å². The van der Waals surface area contributed by atoms with Crippen molar-refractivity contribution in [2.45, 2.75) is 64.3 Å². The molecule has 108 valence electrons. The second kappa shape index (κ2) is 9.85. The van der Waals surface area contributed by atoms with Crippen molar-refractivity contribution in [3.63, 3.8) is 0 Å². The molecule has 0 N–H and O–H groups in total. The van der Waals surface area contributed by atoms with Gasteiger partial charge in [-0.15, -0.1) is 22.2 Å². The molecule has 0 nitrogen and oxygen atoms in total. The molecule has 0 aromatic heterocycles. The van der Waals surface area contributed by atoms with Crippen LogP contribution in [-0.4, -0.2) is 6.69 Å². The van der Waals surface area contributed by atoms with Gasteiger partial charge >= 0.3 is 0 Å². The van der Waals surface area contributed by atoms with E-state index in [0.717, 1.165) is 11.2 Å². The first-order chi connectivity index (χ1) is 9.17. The third-order valence-electron chi connectivity index (χ3n) is 3.54. The number of halogens is 2.